The fourth-order valence-corrected chi connectivity index (χ4v) is 2.38. The van der Waals surface area contributed by atoms with Crippen molar-refractivity contribution in [3.05, 3.63) is 23.3 Å². The van der Waals surface area contributed by atoms with Gasteiger partial charge in [0.15, 0.2) is 0 Å². The second kappa shape index (κ2) is 5.34. The summed E-state index contributed by atoms with van der Waals surface area (Å²) in [4.78, 5) is 33.2. The monoisotopic (exact) mass is 263 g/mol. The van der Waals surface area contributed by atoms with Crippen molar-refractivity contribution >= 4 is 11.9 Å². The van der Waals surface area contributed by atoms with Crippen LogP contribution in [0.25, 0.3) is 0 Å². The zero-order valence-electron chi connectivity index (χ0n) is 11.1. The van der Waals surface area contributed by atoms with Crippen LogP contribution >= 0.6 is 0 Å². The molecule has 0 spiro atoms. The number of rotatable bonds is 2. The lowest BCUT2D eigenvalue weighted by atomic mass is 10.0. The summed E-state index contributed by atoms with van der Waals surface area (Å²) in [5.74, 6) is -0.634. The SMILES string of the molecule is Cc1ncc(C(=O)N2CCCCC2C(=O)O)c(C)n1. The quantitative estimate of drug-likeness (QED) is 0.866. The third-order valence-electron chi connectivity index (χ3n) is 3.38. The highest BCUT2D eigenvalue weighted by molar-refractivity contribution is 5.97. The first-order chi connectivity index (χ1) is 9.00. The van der Waals surface area contributed by atoms with Crippen molar-refractivity contribution in [2.24, 2.45) is 0 Å². The highest BCUT2D eigenvalue weighted by Gasteiger charge is 2.33. The van der Waals surface area contributed by atoms with Crippen molar-refractivity contribution in [2.75, 3.05) is 6.54 Å². The van der Waals surface area contributed by atoms with E-state index in [1.54, 1.807) is 13.8 Å². The number of carboxylic acid groups (broad SMARTS) is 1. The highest BCUT2D eigenvalue weighted by atomic mass is 16.4. The Labute approximate surface area is 111 Å². The Hall–Kier alpha value is -1.98. The van der Waals surface area contributed by atoms with Crippen molar-refractivity contribution in [3.8, 4) is 0 Å². The molecule has 102 valence electrons. The number of amides is 1. The molecule has 0 saturated carbocycles. The Balaban J connectivity index is 2.28. The summed E-state index contributed by atoms with van der Waals surface area (Å²) in [5.41, 5.74) is 0.978. The van der Waals surface area contributed by atoms with Crippen LogP contribution in [-0.2, 0) is 4.79 Å². The van der Waals surface area contributed by atoms with E-state index in [0.29, 0.717) is 30.0 Å². The van der Waals surface area contributed by atoms with E-state index in [2.05, 4.69) is 9.97 Å². The van der Waals surface area contributed by atoms with Gasteiger partial charge < -0.3 is 10.0 Å². The van der Waals surface area contributed by atoms with Gasteiger partial charge in [0.1, 0.15) is 11.9 Å². The number of carbonyl (C=O) groups excluding carboxylic acids is 1. The van der Waals surface area contributed by atoms with E-state index in [-0.39, 0.29) is 5.91 Å². The standard InChI is InChI=1S/C13H17N3O3/c1-8-10(7-14-9(2)15-8)12(17)16-6-4-3-5-11(16)13(18)19/h7,11H,3-6H2,1-2H3,(H,18,19). The average molecular weight is 263 g/mol. The van der Waals surface area contributed by atoms with Gasteiger partial charge in [0.25, 0.3) is 5.91 Å². The lowest BCUT2D eigenvalue weighted by molar-refractivity contribution is -0.143. The molecule has 1 N–H and O–H groups in total. The largest absolute Gasteiger partial charge is 0.480 e. The minimum Gasteiger partial charge on any atom is -0.480 e. The van der Waals surface area contributed by atoms with Crippen LogP contribution in [0.1, 0.15) is 41.1 Å². The van der Waals surface area contributed by atoms with Crippen molar-refractivity contribution in [2.45, 2.75) is 39.2 Å². The average Bonchev–Trinajstić information content (AvgIpc) is 2.38. The van der Waals surface area contributed by atoms with E-state index in [1.807, 2.05) is 0 Å². The van der Waals surface area contributed by atoms with Crippen molar-refractivity contribution < 1.29 is 14.7 Å². The van der Waals surface area contributed by atoms with E-state index in [4.69, 9.17) is 0 Å². The molecule has 1 unspecified atom stereocenters. The number of hydrogen-bond acceptors (Lipinski definition) is 4. The van der Waals surface area contributed by atoms with E-state index >= 15 is 0 Å². The lowest BCUT2D eigenvalue weighted by Crippen LogP contribution is -2.48. The number of piperidine rings is 1. The number of aliphatic carboxylic acids is 1. The van der Waals surface area contributed by atoms with Crippen LogP contribution in [0.2, 0.25) is 0 Å². The van der Waals surface area contributed by atoms with Crippen LogP contribution in [0.15, 0.2) is 6.20 Å². The molecule has 2 heterocycles. The van der Waals surface area contributed by atoms with Crippen LogP contribution in [0, 0.1) is 13.8 Å². The number of carbonyl (C=O) groups is 2. The minimum absolute atomic E-state index is 0.287. The second-order valence-electron chi connectivity index (χ2n) is 4.76. The molecule has 0 aromatic carbocycles. The van der Waals surface area contributed by atoms with Crippen LogP contribution in [-0.4, -0.2) is 44.4 Å². The summed E-state index contributed by atoms with van der Waals surface area (Å²) in [6.45, 7) is 3.97. The maximum atomic E-state index is 12.4. The molecule has 1 aliphatic rings. The Bertz CT molecular complexity index is 516. The normalized spacial score (nSPS) is 19.3. The topological polar surface area (TPSA) is 83.4 Å². The first kappa shape index (κ1) is 13.5. The molecule has 1 aromatic rings. The van der Waals surface area contributed by atoms with Crippen LogP contribution in [0.4, 0.5) is 0 Å². The predicted molar refractivity (Wildman–Crippen MR) is 67.8 cm³/mol. The maximum Gasteiger partial charge on any atom is 0.326 e. The van der Waals surface area contributed by atoms with Crippen LogP contribution < -0.4 is 0 Å². The summed E-state index contributed by atoms with van der Waals surface area (Å²) < 4.78 is 0. The van der Waals surface area contributed by atoms with E-state index in [0.717, 1.165) is 12.8 Å². The summed E-state index contributed by atoms with van der Waals surface area (Å²) in [6.07, 6.45) is 3.66. The number of nitrogens with zero attached hydrogens (tertiary/aromatic N) is 3. The number of hydrogen-bond donors (Lipinski definition) is 1. The molecule has 19 heavy (non-hydrogen) atoms. The number of likely N-dealkylation sites (tertiary alicyclic amines) is 1. The fourth-order valence-electron chi connectivity index (χ4n) is 2.38. The fraction of sp³-hybridized carbons (Fsp3) is 0.538. The molecule has 0 bridgehead atoms. The van der Waals surface area contributed by atoms with Gasteiger partial charge in [-0.15, -0.1) is 0 Å². The molecule has 6 heteroatoms. The Morgan fingerprint density at radius 3 is 2.74 bits per heavy atom. The third kappa shape index (κ3) is 2.72. The van der Waals surface area contributed by atoms with Gasteiger partial charge >= 0.3 is 5.97 Å². The molecule has 1 amide bonds. The first-order valence-electron chi connectivity index (χ1n) is 6.34. The van der Waals surface area contributed by atoms with Gasteiger partial charge in [0, 0.05) is 12.7 Å². The number of aromatic nitrogens is 2. The molecule has 1 saturated heterocycles. The van der Waals surface area contributed by atoms with Gasteiger partial charge in [-0.05, 0) is 33.1 Å². The Morgan fingerprint density at radius 2 is 2.11 bits per heavy atom. The maximum absolute atomic E-state index is 12.4. The molecule has 2 rings (SSSR count). The lowest BCUT2D eigenvalue weighted by Gasteiger charge is -2.33. The van der Waals surface area contributed by atoms with E-state index in [1.165, 1.54) is 11.1 Å². The van der Waals surface area contributed by atoms with Crippen LogP contribution in [0.3, 0.4) is 0 Å². The van der Waals surface area contributed by atoms with E-state index in [9.17, 15) is 14.7 Å². The van der Waals surface area contributed by atoms with Crippen molar-refractivity contribution in [1.82, 2.24) is 14.9 Å². The van der Waals surface area contributed by atoms with Gasteiger partial charge in [0.05, 0.1) is 11.3 Å². The molecule has 1 aromatic heterocycles. The van der Waals surface area contributed by atoms with Gasteiger partial charge in [-0.2, -0.15) is 0 Å². The molecule has 0 aliphatic carbocycles. The molecule has 0 radical (unpaired) electrons. The van der Waals surface area contributed by atoms with Gasteiger partial charge in [-0.3, -0.25) is 4.79 Å². The molecular weight excluding hydrogens is 246 g/mol. The summed E-state index contributed by atoms with van der Waals surface area (Å²) >= 11 is 0. The van der Waals surface area contributed by atoms with Crippen molar-refractivity contribution in [3.63, 3.8) is 0 Å². The summed E-state index contributed by atoms with van der Waals surface area (Å²) in [6, 6.07) is -0.734. The van der Waals surface area contributed by atoms with E-state index < -0.39 is 12.0 Å². The van der Waals surface area contributed by atoms with Gasteiger partial charge in [-0.1, -0.05) is 0 Å². The third-order valence-corrected chi connectivity index (χ3v) is 3.38. The van der Waals surface area contributed by atoms with Gasteiger partial charge in [0.2, 0.25) is 0 Å². The smallest absolute Gasteiger partial charge is 0.326 e. The van der Waals surface area contributed by atoms with Gasteiger partial charge in [-0.25, -0.2) is 14.8 Å². The Morgan fingerprint density at radius 1 is 1.37 bits per heavy atom. The summed E-state index contributed by atoms with van der Waals surface area (Å²) in [5, 5.41) is 9.19. The molecule has 1 fully saturated rings. The zero-order valence-corrected chi connectivity index (χ0v) is 11.1. The minimum atomic E-state index is -0.946. The molecule has 6 nitrogen and oxygen atoms in total. The first-order valence-corrected chi connectivity index (χ1v) is 6.34. The Kier molecular flexibility index (Phi) is 3.78. The van der Waals surface area contributed by atoms with Crippen molar-refractivity contribution in [1.29, 1.82) is 0 Å². The number of carboxylic acids is 1. The number of aryl methyl sites for hydroxylation is 2. The molecule has 1 atom stereocenters. The zero-order chi connectivity index (χ0) is 14.0. The summed E-state index contributed by atoms with van der Waals surface area (Å²) in [7, 11) is 0. The molecule has 1 aliphatic heterocycles. The second-order valence-corrected chi connectivity index (χ2v) is 4.76. The van der Waals surface area contributed by atoms with Crippen LogP contribution in [0.5, 0.6) is 0 Å². The highest BCUT2D eigenvalue weighted by Crippen LogP contribution is 2.20. The molecular formula is C13H17N3O3. The predicted octanol–water partition coefficient (Wildman–Crippen LogP) is 1.17.